The molecule has 8 nitrogen and oxygen atoms in total. The van der Waals surface area contributed by atoms with Gasteiger partial charge >= 0.3 is 6.03 Å². The number of benzene rings is 2. The number of ether oxygens (including phenoxy) is 2. The summed E-state index contributed by atoms with van der Waals surface area (Å²) in [5, 5.41) is 2.87. The van der Waals surface area contributed by atoms with Crippen LogP contribution >= 0.6 is 15.9 Å². The number of carbonyl (C=O) groups excluding carboxylic acids is 2. The van der Waals surface area contributed by atoms with E-state index in [0.29, 0.717) is 37.7 Å². The first-order valence-electron chi connectivity index (χ1n) is 12.8. The Morgan fingerprint density at radius 3 is 2.37 bits per heavy atom. The quantitative estimate of drug-likeness (QED) is 0.267. The normalized spacial score (nSPS) is 10.7. The van der Waals surface area contributed by atoms with Crippen LogP contribution in [0.4, 0.5) is 10.5 Å². The first kappa shape index (κ1) is 29.3. The van der Waals surface area contributed by atoms with Gasteiger partial charge in [0.1, 0.15) is 12.3 Å². The van der Waals surface area contributed by atoms with Gasteiger partial charge in [0.15, 0.2) is 0 Å². The maximum atomic E-state index is 13.5. The molecule has 0 unspecified atom stereocenters. The second kappa shape index (κ2) is 15.2. The topological polar surface area (TPSA) is 76.0 Å². The van der Waals surface area contributed by atoms with E-state index in [9.17, 15) is 9.59 Å². The molecule has 204 valence electrons. The molecule has 0 aliphatic rings. The van der Waals surface area contributed by atoms with E-state index in [4.69, 9.17) is 9.47 Å². The predicted octanol–water partition coefficient (Wildman–Crippen LogP) is 5.62. The van der Waals surface area contributed by atoms with E-state index < -0.39 is 0 Å². The van der Waals surface area contributed by atoms with E-state index in [-0.39, 0.29) is 18.5 Å². The Morgan fingerprint density at radius 2 is 1.71 bits per heavy atom. The molecule has 0 spiro atoms. The second-order valence-electron chi connectivity index (χ2n) is 9.00. The number of hydrogen-bond donors (Lipinski definition) is 1. The zero-order valence-corrected chi connectivity index (χ0v) is 23.9. The summed E-state index contributed by atoms with van der Waals surface area (Å²) in [6.07, 6.45) is 3.89. The molecule has 3 rings (SSSR count). The fourth-order valence-electron chi connectivity index (χ4n) is 3.96. The van der Waals surface area contributed by atoms with Crippen molar-refractivity contribution >= 4 is 33.6 Å². The van der Waals surface area contributed by atoms with Crippen LogP contribution in [-0.2, 0) is 22.6 Å². The molecule has 1 heterocycles. The van der Waals surface area contributed by atoms with Gasteiger partial charge in [-0.25, -0.2) is 4.79 Å². The van der Waals surface area contributed by atoms with Gasteiger partial charge in [0, 0.05) is 48.8 Å². The van der Waals surface area contributed by atoms with Gasteiger partial charge in [-0.05, 0) is 60.5 Å². The lowest BCUT2D eigenvalue weighted by Crippen LogP contribution is -2.46. The van der Waals surface area contributed by atoms with E-state index in [0.717, 1.165) is 29.6 Å². The van der Waals surface area contributed by atoms with Crippen molar-refractivity contribution in [2.24, 2.45) is 0 Å². The Hall–Kier alpha value is -3.30. The summed E-state index contributed by atoms with van der Waals surface area (Å²) in [5.41, 5.74) is 2.85. The summed E-state index contributed by atoms with van der Waals surface area (Å²) in [4.78, 5) is 30.0. The number of hydrogen-bond acceptors (Lipinski definition) is 4. The first-order valence-corrected chi connectivity index (χ1v) is 13.6. The van der Waals surface area contributed by atoms with Crippen LogP contribution in [0, 0.1) is 0 Å². The molecule has 9 heteroatoms. The summed E-state index contributed by atoms with van der Waals surface area (Å²) in [6, 6.07) is 19.0. The Bertz CT molecular complexity index is 1150. The van der Waals surface area contributed by atoms with Crippen molar-refractivity contribution in [2.75, 3.05) is 45.8 Å². The molecule has 0 bridgehead atoms. The SMILES string of the molecule is CCCCN(Cc1cccn1Cc1ccc(Br)cc1)C(=O)CN(CCOC)C(=O)Nc1ccc(OC)cc1. The van der Waals surface area contributed by atoms with Crippen molar-refractivity contribution in [3.05, 3.63) is 82.6 Å². The van der Waals surface area contributed by atoms with Gasteiger partial charge in [-0.2, -0.15) is 0 Å². The van der Waals surface area contributed by atoms with Crippen LogP contribution in [0.2, 0.25) is 0 Å². The third kappa shape index (κ3) is 8.92. The van der Waals surface area contributed by atoms with Gasteiger partial charge in [0.2, 0.25) is 5.91 Å². The maximum absolute atomic E-state index is 13.5. The third-order valence-corrected chi connectivity index (χ3v) is 6.73. The largest absolute Gasteiger partial charge is 0.497 e. The Labute approximate surface area is 233 Å². The van der Waals surface area contributed by atoms with Gasteiger partial charge in [-0.15, -0.1) is 0 Å². The number of nitrogens with zero attached hydrogens (tertiary/aromatic N) is 3. The number of amides is 3. The highest BCUT2D eigenvalue weighted by Gasteiger charge is 2.22. The molecule has 1 N–H and O–H groups in total. The number of nitrogens with one attached hydrogen (secondary N) is 1. The lowest BCUT2D eigenvalue weighted by atomic mass is 10.2. The predicted molar refractivity (Wildman–Crippen MR) is 153 cm³/mol. The third-order valence-electron chi connectivity index (χ3n) is 6.20. The zero-order chi connectivity index (χ0) is 27.3. The summed E-state index contributed by atoms with van der Waals surface area (Å²) < 4.78 is 13.6. The van der Waals surface area contributed by atoms with Crippen LogP contribution in [0.1, 0.15) is 31.0 Å². The highest BCUT2D eigenvalue weighted by Crippen LogP contribution is 2.17. The number of methoxy groups -OCH3 is 2. The fraction of sp³-hybridized carbons (Fsp3) is 0.379. The number of unbranched alkanes of at least 4 members (excludes halogenated alkanes) is 1. The van der Waals surface area contributed by atoms with Crippen LogP contribution in [0.15, 0.2) is 71.3 Å². The average molecular weight is 586 g/mol. The van der Waals surface area contributed by atoms with Crippen molar-refractivity contribution in [2.45, 2.75) is 32.9 Å². The number of halogens is 1. The lowest BCUT2D eigenvalue weighted by Gasteiger charge is -2.28. The molecule has 0 aliphatic carbocycles. The Kier molecular flexibility index (Phi) is 11.7. The van der Waals surface area contributed by atoms with Gasteiger partial charge in [-0.1, -0.05) is 41.4 Å². The van der Waals surface area contributed by atoms with Crippen molar-refractivity contribution < 1.29 is 19.1 Å². The van der Waals surface area contributed by atoms with Crippen LogP contribution in [0.5, 0.6) is 5.75 Å². The summed E-state index contributed by atoms with van der Waals surface area (Å²) in [5.74, 6) is 0.599. The molecule has 38 heavy (non-hydrogen) atoms. The van der Waals surface area contributed by atoms with Crippen LogP contribution in [0.3, 0.4) is 0 Å². The van der Waals surface area contributed by atoms with Crippen molar-refractivity contribution in [3.63, 3.8) is 0 Å². The van der Waals surface area contributed by atoms with E-state index in [2.05, 4.69) is 44.9 Å². The Balaban J connectivity index is 1.70. The maximum Gasteiger partial charge on any atom is 0.322 e. The van der Waals surface area contributed by atoms with Crippen molar-refractivity contribution in [1.29, 1.82) is 0 Å². The zero-order valence-electron chi connectivity index (χ0n) is 22.4. The number of rotatable bonds is 14. The smallest absolute Gasteiger partial charge is 0.322 e. The summed E-state index contributed by atoms with van der Waals surface area (Å²) in [7, 11) is 3.17. The van der Waals surface area contributed by atoms with Gasteiger partial charge < -0.3 is 29.2 Å². The highest BCUT2D eigenvalue weighted by molar-refractivity contribution is 9.10. The lowest BCUT2D eigenvalue weighted by molar-refractivity contribution is -0.132. The standard InChI is InChI=1S/C29H37BrN4O4/c1-4-5-16-33(21-26-7-6-17-32(26)20-23-8-10-24(30)11-9-23)28(35)22-34(18-19-37-2)29(36)31-25-12-14-27(38-3)15-13-25/h6-15,17H,4-5,16,18-22H2,1-3H3,(H,31,36). The van der Waals surface area contributed by atoms with Gasteiger partial charge in [-0.3, -0.25) is 4.79 Å². The molecule has 0 saturated heterocycles. The van der Waals surface area contributed by atoms with E-state index >= 15 is 0 Å². The van der Waals surface area contributed by atoms with E-state index in [1.54, 1.807) is 38.5 Å². The van der Waals surface area contributed by atoms with E-state index in [1.807, 2.05) is 35.4 Å². The second-order valence-corrected chi connectivity index (χ2v) is 9.91. The minimum absolute atomic E-state index is 0.0392. The molecule has 0 fully saturated rings. The highest BCUT2D eigenvalue weighted by atomic mass is 79.9. The molecular weight excluding hydrogens is 548 g/mol. The molecule has 1 aromatic heterocycles. The molecule has 0 saturated carbocycles. The summed E-state index contributed by atoms with van der Waals surface area (Å²) in [6.45, 7) is 4.50. The minimum atomic E-state index is -0.352. The van der Waals surface area contributed by atoms with Gasteiger partial charge in [0.05, 0.1) is 20.3 Å². The van der Waals surface area contributed by atoms with Crippen LogP contribution < -0.4 is 10.1 Å². The summed E-state index contributed by atoms with van der Waals surface area (Å²) >= 11 is 3.48. The van der Waals surface area contributed by atoms with Crippen molar-refractivity contribution in [3.8, 4) is 5.75 Å². The monoisotopic (exact) mass is 584 g/mol. The number of urea groups is 1. The molecule has 2 aromatic carbocycles. The molecule has 0 aliphatic heterocycles. The molecule has 0 radical (unpaired) electrons. The molecular formula is C29H37BrN4O4. The van der Waals surface area contributed by atoms with Crippen LogP contribution in [0.25, 0.3) is 0 Å². The molecule has 3 amide bonds. The molecule has 3 aromatic rings. The average Bonchev–Trinajstić information content (AvgIpc) is 3.36. The number of anilines is 1. The molecule has 0 atom stereocenters. The number of aromatic nitrogens is 1. The van der Waals surface area contributed by atoms with Gasteiger partial charge in [0.25, 0.3) is 0 Å². The minimum Gasteiger partial charge on any atom is -0.497 e. The number of carbonyl (C=O) groups is 2. The van der Waals surface area contributed by atoms with Crippen LogP contribution in [-0.4, -0.2) is 66.8 Å². The Morgan fingerprint density at radius 1 is 0.974 bits per heavy atom. The first-order chi connectivity index (χ1) is 18.4. The van der Waals surface area contributed by atoms with E-state index in [1.165, 1.54) is 10.5 Å². The fourth-order valence-corrected chi connectivity index (χ4v) is 4.23. The van der Waals surface area contributed by atoms with Crippen molar-refractivity contribution in [1.82, 2.24) is 14.4 Å².